The van der Waals surface area contributed by atoms with E-state index in [0.717, 1.165) is 0 Å². The zero-order valence-corrected chi connectivity index (χ0v) is 11.0. The van der Waals surface area contributed by atoms with Crippen molar-refractivity contribution in [3.63, 3.8) is 0 Å². The first-order valence-electron chi connectivity index (χ1n) is 5.24. The molecule has 0 radical (unpaired) electrons. The number of benzene rings is 1. The van der Waals surface area contributed by atoms with Gasteiger partial charge in [0.2, 0.25) is 0 Å². The highest BCUT2D eigenvalue weighted by Gasteiger charge is 2.16. The molecule has 18 heavy (non-hydrogen) atoms. The summed E-state index contributed by atoms with van der Waals surface area (Å²) in [4.78, 5) is 22.8. The average Bonchev–Trinajstić information content (AvgIpc) is 2.37. The third-order valence-corrected chi connectivity index (χ3v) is 2.75. The van der Waals surface area contributed by atoms with Crippen LogP contribution in [0, 0.1) is 10.1 Å². The summed E-state index contributed by atoms with van der Waals surface area (Å²) in [6.45, 7) is 1.07. The Morgan fingerprint density at radius 3 is 2.33 bits per heavy atom. The molecule has 0 bridgehead atoms. The Morgan fingerprint density at radius 1 is 1.28 bits per heavy atom. The lowest BCUT2D eigenvalue weighted by Gasteiger charge is -2.22. The summed E-state index contributed by atoms with van der Waals surface area (Å²) in [6.07, 6.45) is 0.468. The van der Waals surface area contributed by atoms with E-state index in [1.165, 1.54) is 12.1 Å². The Morgan fingerprint density at radius 2 is 1.89 bits per heavy atom. The number of nitro benzene ring substituents is 1. The molecule has 0 heterocycles. The largest absolute Gasteiger partial charge is 0.369 e. The molecule has 0 aliphatic heterocycles. The van der Waals surface area contributed by atoms with E-state index < -0.39 is 4.92 Å². The summed E-state index contributed by atoms with van der Waals surface area (Å²) in [5, 5.41) is 10.8. The van der Waals surface area contributed by atoms with E-state index in [0.29, 0.717) is 36.8 Å². The van der Waals surface area contributed by atoms with Gasteiger partial charge in [-0.15, -0.1) is 23.2 Å². The van der Waals surface area contributed by atoms with Gasteiger partial charge in [0.05, 0.1) is 10.5 Å². The fourth-order valence-electron chi connectivity index (χ4n) is 1.56. The number of nitrogens with zero attached hydrogens (tertiary/aromatic N) is 2. The molecule has 0 spiro atoms. The molecule has 0 amide bonds. The summed E-state index contributed by atoms with van der Waals surface area (Å²) < 4.78 is 0. The number of hydrogen-bond donors (Lipinski definition) is 0. The Balaban J connectivity index is 3.11. The Kier molecular flexibility index (Phi) is 5.88. The molecule has 0 atom stereocenters. The molecule has 0 saturated heterocycles. The maximum Gasteiger partial charge on any atom is 0.281 e. The van der Waals surface area contributed by atoms with Crippen molar-refractivity contribution in [2.24, 2.45) is 0 Å². The topological polar surface area (TPSA) is 63.5 Å². The number of hydrogen-bond acceptors (Lipinski definition) is 4. The number of carbonyl (C=O) groups excluding carboxylic acids is 1. The van der Waals surface area contributed by atoms with Crippen molar-refractivity contribution in [1.29, 1.82) is 0 Å². The van der Waals surface area contributed by atoms with Gasteiger partial charge in [0.25, 0.3) is 5.69 Å². The molecule has 0 aliphatic rings. The minimum absolute atomic E-state index is 0.0560. The summed E-state index contributed by atoms with van der Waals surface area (Å²) in [5.41, 5.74) is 0.477. The van der Waals surface area contributed by atoms with Crippen LogP contribution in [0.2, 0.25) is 0 Å². The molecule has 0 unspecified atom stereocenters. The van der Waals surface area contributed by atoms with E-state index in [2.05, 4.69) is 0 Å². The van der Waals surface area contributed by atoms with E-state index >= 15 is 0 Å². The van der Waals surface area contributed by atoms with Crippen molar-refractivity contribution in [3.05, 3.63) is 33.9 Å². The van der Waals surface area contributed by atoms with Crippen LogP contribution in [0.15, 0.2) is 18.2 Å². The van der Waals surface area contributed by atoms with Crippen LogP contribution in [0.25, 0.3) is 0 Å². The van der Waals surface area contributed by atoms with Crippen LogP contribution < -0.4 is 4.90 Å². The molecule has 1 aromatic rings. The molecule has 5 nitrogen and oxygen atoms in total. The highest BCUT2D eigenvalue weighted by molar-refractivity contribution is 6.18. The van der Waals surface area contributed by atoms with Crippen LogP contribution in [0.1, 0.15) is 10.4 Å². The summed E-state index contributed by atoms with van der Waals surface area (Å²) in [7, 11) is 0. The zero-order valence-electron chi connectivity index (χ0n) is 9.51. The molecule has 1 rings (SSSR count). The van der Waals surface area contributed by atoms with Crippen LogP contribution in [0.5, 0.6) is 0 Å². The van der Waals surface area contributed by atoms with Gasteiger partial charge in [-0.1, -0.05) is 0 Å². The normalized spacial score (nSPS) is 10.1. The first-order chi connectivity index (χ1) is 8.63. The molecular formula is C11H12Cl2N2O3. The predicted molar refractivity (Wildman–Crippen MR) is 72.1 cm³/mol. The number of anilines is 1. The SMILES string of the molecule is O=Cc1ccc(N(CCCl)CCCl)cc1[N+](=O)[O-]. The van der Waals surface area contributed by atoms with Gasteiger partial charge in [0, 0.05) is 36.6 Å². The predicted octanol–water partition coefficient (Wildman–Crippen LogP) is 2.69. The molecule has 0 aromatic heterocycles. The van der Waals surface area contributed by atoms with E-state index in [9.17, 15) is 14.9 Å². The lowest BCUT2D eigenvalue weighted by Crippen LogP contribution is -2.27. The smallest absolute Gasteiger partial charge is 0.281 e. The van der Waals surface area contributed by atoms with Gasteiger partial charge >= 0.3 is 0 Å². The quantitative estimate of drug-likeness (QED) is 0.335. The standard InChI is InChI=1S/C11H12Cl2N2O3/c12-3-5-14(6-4-13)10-2-1-9(8-16)11(7-10)15(17)18/h1-2,7-8H,3-6H2. The molecular weight excluding hydrogens is 279 g/mol. The van der Waals surface area contributed by atoms with Gasteiger partial charge in [-0.3, -0.25) is 14.9 Å². The lowest BCUT2D eigenvalue weighted by molar-refractivity contribution is -0.385. The van der Waals surface area contributed by atoms with Crippen LogP contribution >= 0.6 is 23.2 Å². The van der Waals surface area contributed by atoms with Crippen molar-refractivity contribution in [2.75, 3.05) is 29.7 Å². The summed E-state index contributed by atoms with van der Waals surface area (Å²) >= 11 is 11.3. The minimum atomic E-state index is -0.577. The molecule has 0 saturated carbocycles. The Hall–Kier alpha value is -1.33. The van der Waals surface area contributed by atoms with Crippen molar-refractivity contribution in [2.45, 2.75) is 0 Å². The second-order valence-electron chi connectivity index (χ2n) is 3.48. The van der Waals surface area contributed by atoms with Crippen molar-refractivity contribution in [3.8, 4) is 0 Å². The van der Waals surface area contributed by atoms with Gasteiger partial charge in [-0.2, -0.15) is 0 Å². The van der Waals surface area contributed by atoms with Crippen LogP contribution in [-0.4, -0.2) is 36.1 Å². The zero-order chi connectivity index (χ0) is 13.5. The molecule has 0 aliphatic carbocycles. The number of halogens is 2. The van der Waals surface area contributed by atoms with Crippen LogP contribution in [-0.2, 0) is 0 Å². The van der Waals surface area contributed by atoms with Gasteiger partial charge in [-0.25, -0.2) is 0 Å². The maximum atomic E-state index is 10.8. The second kappa shape index (κ2) is 7.18. The second-order valence-corrected chi connectivity index (χ2v) is 4.24. The van der Waals surface area contributed by atoms with Crippen LogP contribution in [0.4, 0.5) is 11.4 Å². The number of rotatable bonds is 7. The molecule has 0 fully saturated rings. The Labute approximate surface area is 114 Å². The summed E-state index contributed by atoms with van der Waals surface area (Å²) in [6, 6.07) is 4.44. The molecule has 0 N–H and O–H groups in total. The Bertz CT molecular complexity index is 434. The van der Waals surface area contributed by atoms with Gasteiger partial charge in [0.15, 0.2) is 6.29 Å². The van der Waals surface area contributed by atoms with E-state index in [1.54, 1.807) is 6.07 Å². The van der Waals surface area contributed by atoms with E-state index in [4.69, 9.17) is 23.2 Å². The third-order valence-electron chi connectivity index (χ3n) is 2.41. The monoisotopic (exact) mass is 290 g/mol. The van der Waals surface area contributed by atoms with Crippen molar-refractivity contribution >= 4 is 40.9 Å². The fraction of sp³-hybridized carbons (Fsp3) is 0.364. The first kappa shape index (κ1) is 14.7. The minimum Gasteiger partial charge on any atom is -0.369 e. The maximum absolute atomic E-state index is 10.8. The third kappa shape index (κ3) is 3.58. The van der Waals surface area contributed by atoms with Crippen molar-refractivity contribution < 1.29 is 9.72 Å². The summed E-state index contributed by atoms with van der Waals surface area (Å²) in [5.74, 6) is 0.778. The molecule has 7 heteroatoms. The number of carbonyl (C=O) groups is 1. The molecule has 98 valence electrons. The number of nitro groups is 1. The van der Waals surface area contributed by atoms with Crippen LogP contribution in [0.3, 0.4) is 0 Å². The van der Waals surface area contributed by atoms with Gasteiger partial charge in [0.1, 0.15) is 0 Å². The van der Waals surface area contributed by atoms with Gasteiger partial charge < -0.3 is 4.90 Å². The lowest BCUT2D eigenvalue weighted by atomic mass is 10.1. The average molecular weight is 291 g/mol. The number of aldehydes is 1. The highest BCUT2D eigenvalue weighted by atomic mass is 35.5. The fourth-order valence-corrected chi connectivity index (χ4v) is 1.97. The van der Waals surface area contributed by atoms with E-state index in [1.807, 2.05) is 4.90 Å². The first-order valence-corrected chi connectivity index (χ1v) is 6.31. The van der Waals surface area contributed by atoms with Crippen molar-refractivity contribution in [1.82, 2.24) is 0 Å². The van der Waals surface area contributed by atoms with E-state index in [-0.39, 0.29) is 11.3 Å². The highest BCUT2D eigenvalue weighted by Crippen LogP contribution is 2.24. The number of alkyl halides is 2. The molecule has 1 aromatic carbocycles. The van der Waals surface area contributed by atoms with Gasteiger partial charge in [-0.05, 0) is 12.1 Å².